The number of carbonyl (C=O) groups is 1. The van der Waals surface area contributed by atoms with Gasteiger partial charge in [-0.1, -0.05) is 12.8 Å². The Morgan fingerprint density at radius 3 is 2.46 bits per heavy atom. The lowest BCUT2D eigenvalue weighted by molar-refractivity contribution is -0.127. The van der Waals surface area contributed by atoms with Gasteiger partial charge in [-0.05, 0) is 26.7 Å². The third kappa shape index (κ3) is 2.45. The molecule has 0 unspecified atom stereocenters. The Bertz CT molecular complexity index is 234. The summed E-state index contributed by atoms with van der Waals surface area (Å²) in [5, 5.41) is 11.6. The predicted molar refractivity (Wildman–Crippen MR) is 49.8 cm³/mol. The predicted octanol–water partition coefficient (Wildman–Crippen LogP) is 1.59. The Labute approximate surface area is 79.1 Å². The molecular formula is C10H16N2O. The lowest BCUT2D eigenvalue weighted by Gasteiger charge is -2.18. The van der Waals surface area contributed by atoms with Crippen LogP contribution in [-0.4, -0.2) is 11.9 Å². The zero-order chi connectivity index (χ0) is 9.90. The molecule has 3 heteroatoms. The van der Waals surface area contributed by atoms with Crippen molar-refractivity contribution in [3.05, 3.63) is 0 Å². The number of amides is 1. The first-order valence-corrected chi connectivity index (χ1v) is 4.78. The standard InChI is InChI=1S/C10H16N2O/c1-10(2,7-11)9(13)12-8-5-3-4-6-8/h8H,3-6H2,1-2H3,(H,12,13). The van der Waals surface area contributed by atoms with Gasteiger partial charge in [-0.2, -0.15) is 5.26 Å². The van der Waals surface area contributed by atoms with Gasteiger partial charge in [0.05, 0.1) is 6.07 Å². The van der Waals surface area contributed by atoms with Crippen LogP contribution in [0, 0.1) is 16.7 Å². The van der Waals surface area contributed by atoms with Crippen molar-refractivity contribution in [3.63, 3.8) is 0 Å². The minimum absolute atomic E-state index is 0.137. The number of hydrogen-bond donors (Lipinski definition) is 1. The highest BCUT2D eigenvalue weighted by molar-refractivity contribution is 5.84. The smallest absolute Gasteiger partial charge is 0.240 e. The van der Waals surface area contributed by atoms with Crippen LogP contribution in [-0.2, 0) is 4.79 Å². The summed E-state index contributed by atoms with van der Waals surface area (Å²) in [6.07, 6.45) is 4.51. The van der Waals surface area contributed by atoms with Gasteiger partial charge in [0.15, 0.2) is 0 Å². The Kier molecular flexibility index (Phi) is 2.92. The molecule has 1 rings (SSSR count). The Morgan fingerprint density at radius 2 is 2.00 bits per heavy atom. The molecule has 3 nitrogen and oxygen atoms in total. The first kappa shape index (κ1) is 10.0. The second-order valence-electron chi connectivity index (χ2n) is 4.19. The Balaban J connectivity index is 2.45. The largest absolute Gasteiger partial charge is 0.352 e. The lowest BCUT2D eigenvalue weighted by atomic mass is 9.94. The molecule has 0 spiro atoms. The van der Waals surface area contributed by atoms with Crippen molar-refractivity contribution in [2.45, 2.75) is 45.6 Å². The van der Waals surface area contributed by atoms with Crippen molar-refractivity contribution in [1.29, 1.82) is 5.26 Å². The van der Waals surface area contributed by atoms with E-state index in [1.165, 1.54) is 12.8 Å². The van der Waals surface area contributed by atoms with Gasteiger partial charge < -0.3 is 5.32 Å². The highest BCUT2D eigenvalue weighted by atomic mass is 16.2. The second kappa shape index (κ2) is 3.78. The Hall–Kier alpha value is -1.04. The Morgan fingerprint density at radius 1 is 1.46 bits per heavy atom. The van der Waals surface area contributed by atoms with Crippen LogP contribution in [0.25, 0.3) is 0 Å². The molecule has 1 aliphatic carbocycles. The molecule has 1 aliphatic rings. The number of nitrogens with zero attached hydrogens (tertiary/aromatic N) is 1. The van der Waals surface area contributed by atoms with Gasteiger partial charge in [-0.25, -0.2) is 0 Å². The van der Waals surface area contributed by atoms with E-state index < -0.39 is 5.41 Å². The van der Waals surface area contributed by atoms with Gasteiger partial charge in [0.2, 0.25) is 5.91 Å². The number of nitrogens with one attached hydrogen (secondary N) is 1. The molecule has 0 aromatic carbocycles. The van der Waals surface area contributed by atoms with Crippen molar-refractivity contribution in [2.75, 3.05) is 0 Å². The zero-order valence-corrected chi connectivity index (χ0v) is 8.26. The summed E-state index contributed by atoms with van der Waals surface area (Å²) in [5.41, 5.74) is -0.886. The van der Waals surface area contributed by atoms with Crippen molar-refractivity contribution in [2.24, 2.45) is 5.41 Å². The third-order valence-corrected chi connectivity index (χ3v) is 2.54. The van der Waals surface area contributed by atoms with Crippen molar-refractivity contribution in [1.82, 2.24) is 5.32 Å². The molecule has 0 aliphatic heterocycles. The average molecular weight is 180 g/mol. The highest BCUT2D eigenvalue weighted by Crippen LogP contribution is 2.20. The molecule has 72 valence electrons. The molecule has 0 radical (unpaired) electrons. The van der Waals surface area contributed by atoms with Crippen molar-refractivity contribution < 1.29 is 4.79 Å². The summed E-state index contributed by atoms with van der Waals surface area (Å²) >= 11 is 0. The van der Waals surface area contributed by atoms with E-state index in [-0.39, 0.29) is 5.91 Å². The number of hydrogen-bond acceptors (Lipinski definition) is 2. The molecule has 0 aromatic rings. The fraction of sp³-hybridized carbons (Fsp3) is 0.800. The first-order valence-electron chi connectivity index (χ1n) is 4.78. The van der Waals surface area contributed by atoms with Crippen molar-refractivity contribution >= 4 is 5.91 Å². The molecule has 0 saturated heterocycles. The van der Waals surface area contributed by atoms with Gasteiger partial charge in [0.25, 0.3) is 0 Å². The first-order chi connectivity index (χ1) is 6.06. The molecule has 1 N–H and O–H groups in total. The fourth-order valence-corrected chi connectivity index (χ4v) is 1.49. The van der Waals surface area contributed by atoms with Gasteiger partial charge in [0, 0.05) is 6.04 Å². The topological polar surface area (TPSA) is 52.9 Å². The summed E-state index contributed by atoms with van der Waals surface area (Å²) in [6.45, 7) is 3.30. The van der Waals surface area contributed by atoms with Crippen LogP contribution in [0.2, 0.25) is 0 Å². The van der Waals surface area contributed by atoms with Crippen LogP contribution in [0.5, 0.6) is 0 Å². The molecule has 0 heterocycles. The minimum atomic E-state index is -0.886. The third-order valence-electron chi connectivity index (χ3n) is 2.54. The maximum Gasteiger partial charge on any atom is 0.240 e. The molecule has 0 aromatic heterocycles. The maximum absolute atomic E-state index is 11.5. The summed E-state index contributed by atoms with van der Waals surface area (Å²) < 4.78 is 0. The average Bonchev–Trinajstić information content (AvgIpc) is 2.57. The van der Waals surface area contributed by atoms with Crippen LogP contribution in [0.1, 0.15) is 39.5 Å². The van der Waals surface area contributed by atoms with E-state index >= 15 is 0 Å². The van der Waals surface area contributed by atoms with E-state index in [1.54, 1.807) is 13.8 Å². The minimum Gasteiger partial charge on any atom is -0.352 e. The molecule has 0 atom stereocenters. The van der Waals surface area contributed by atoms with Gasteiger partial charge in [-0.15, -0.1) is 0 Å². The summed E-state index contributed by atoms with van der Waals surface area (Å²) in [4.78, 5) is 11.5. The molecular weight excluding hydrogens is 164 g/mol. The monoisotopic (exact) mass is 180 g/mol. The summed E-state index contributed by atoms with van der Waals surface area (Å²) in [7, 11) is 0. The highest BCUT2D eigenvalue weighted by Gasteiger charge is 2.29. The molecule has 13 heavy (non-hydrogen) atoms. The van der Waals surface area contributed by atoms with E-state index in [2.05, 4.69) is 5.32 Å². The van der Waals surface area contributed by atoms with E-state index in [9.17, 15) is 4.79 Å². The fourth-order valence-electron chi connectivity index (χ4n) is 1.49. The zero-order valence-electron chi connectivity index (χ0n) is 8.26. The maximum atomic E-state index is 11.5. The molecule has 1 fully saturated rings. The quantitative estimate of drug-likeness (QED) is 0.701. The molecule has 1 saturated carbocycles. The van der Waals surface area contributed by atoms with E-state index in [4.69, 9.17) is 5.26 Å². The van der Waals surface area contributed by atoms with Crippen LogP contribution < -0.4 is 5.32 Å². The van der Waals surface area contributed by atoms with Gasteiger partial charge in [-0.3, -0.25) is 4.79 Å². The van der Waals surface area contributed by atoms with Crippen molar-refractivity contribution in [3.8, 4) is 6.07 Å². The van der Waals surface area contributed by atoms with Crippen LogP contribution in [0.15, 0.2) is 0 Å². The molecule has 1 amide bonds. The number of carbonyl (C=O) groups excluding carboxylic acids is 1. The molecule has 0 bridgehead atoms. The van der Waals surface area contributed by atoms with Gasteiger partial charge >= 0.3 is 0 Å². The normalized spacial score (nSPS) is 18.2. The SMILES string of the molecule is CC(C)(C#N)C(=O)NC1CCCC1. The number of nitriles is 1. The van der Waals surface area contributed by atoms with E-state index in [0.717, 1.165) is 12.8 Å². The van der Waals surface area contributed by atoms with Crippen LogP contribution in [0.3, 0.4) is 0 Å². The second-order valence-corrected chi connectivity index (χ2v) is 4.19. The number of rotatable bonds is 2. The lowest BCUT2D eigenvalue weighted by Crippen LogP contribution is -2.41. The van der Waals surface area contributed by atoms with Crippen LogP contribution >= 0.6 is 0 Å². The summed E-state index contributed by atoms with van der Waals surface area (Å²) in [6, 6.07) is 2.31. The van der Waals surface area contributed by atoms with E-state index in [0.29, 0.717) is 6.04 Å². The summed E-state index contributed by atoms with van der Waals surface area (Å²) in [5.74, 6) is -0.137. The van der Waals surface area contributed by atoms with Gasteiger partial charge in [0.1, 0.15) is 5.41 Å². The van der Waals surface area contributed by atoms with E-state index in [1.807, 2.05) is 6.07 Å². The van der Waals surface area contributed by atoms with Crippen LogP contribution in [0.4, 0.5) is 0 Å².